The largest absolute Gasteiger partial charge is 0.461 e. The molecule has 0 saturated heterocycles. The molecule has 0 radical (unpaired) electrons. The topological polar surface area (TPSA) is 43.9 Å². The van der Waals surface area contributed by atoms with Gasteiger partial charge in [-0.15, -0.1) is 10.2 Å². The molecule has 4 aromatic rings. The first-order valence-electron chi connectivity index (χ1n) is 8.78. The Morgan fingerprint density at radius 2 is 1.83 bits per heavy atom. The fourth-order valence-corrected chi connectivity index (χ4v) is 3.93. The molecule has 0 aliphatic rings. The Morgan fingerprint density at radius 1 is 1.00 bits per heavy atom. The number of nitrogens with zero attached hydrogens (tertiary/aromatic N) is 3. The Bertz CT molecular complexity index is 1120. The lowest BCUT2D eigenvalue weighted by Crippen LogP contribution is -2.07. The zero-order valence-electron chi connectivity index (χ0n) is 15.3. The molecule has 0 atom stereocenters. The summed E-state index contributed by atoms with van der Waals surface area (Å²) in [6.07, 6.45) is -2.95. The van der Waals surface area contributed by atoms with E-state index < -0.39 is 11.7 Å². The van der Waals surface area contributed by atoms with Gasteiger partial charge in [-0.1, -0.05) is 42.1 Å². The average molecular weight is 415 g/mol. The van der Waals surface area contributed by atoms with E-state index in [-0.39, 0.29) is 0 Å². The van der Waals surface area contributed by atoms with Gasteiger partial charge in [-0.2, -0.15) is 13.2 Å². The maximum atomic E-state index is 13.2. The van der Waals surface area contributed by atoms with Crippen molar-refractivity contribution in [3.63, 3.8) is 0 Å². The van der Waals surface area contributed by atoms with Gasteiger partial charge in [0.1, 0.15) is 0 Å². The van der Waals surface area contributed by atoms with Crippen molar-refractivity contribution in [1.82, 2.24) is 14.8 Å². The first-order chi connectivity index (χ1) is 13.9. The SMILES string of the molecule is Cc1ccccc1CSc1nnc(-c2ccco2)n1-c1cccc(C(F)(F)F)c1. The minimum absolute atomic E-state index is 0.323. The molecule has 0 unspecified atom stereocenters. The molecule has 0 amide bonds. The molecular weight excluding hydrogens is 399 g/mol. The van der Waals surface area contributed by atoms with E-state index in [0.717, 1.165) is 23.3 Å². The summed E-state index contributed by atoms with van der Waals surface area (Å²) in [7, 11) is 0. The van der Waals surface area contributed by atoms with Crippen LogP contribution >= 0.6 is 11.8 Å². The third kappa shape index (κ3) is 4.07. The van der Waals surface area contributed by atoms with Gasteiger partial charge in [0.15, 0.2) is 10.9 Å². The Hall–Kier alpha value is -3.00. The van der Waals surface area contributed by atoms with Gasteiger partial charge in [0, 0.05) is 5.75 Å². The quantitative estimate of drug-likeness (QED) is 0.367. The van der Waals surface area contributed by atoms with E-state index in [1.165, 1.54) is 24.1 Å². The Morgan fingerprint density at radius 3 is 2.55 bits per heavy atom. The van der Waals surface area contributed by atoms with E-state index in [1.54, 1.807) is 22.8 Å². The third-order valence-corrected chi connectivity index (χ3v) is 5.40. The van der Waals surface area contributed by atoms with Crippen LogP contribution in [-0.4, -0.2) is 14.8 Å². The Balaban J connectivity index is 1.77. The second-order valence-corrected chi connectivity index (χ2v) is 7.32. The van der Waals surface area contributed by atoms with Gasteiger partial charge in [0.25, 0.3) is 0 Å². The van der Waals surface area contributed by atoms with Gasteiger partial charge in [-0.25, -0.2) is 0 Å². The number of benzene rings is 2. The third-order valence-electron chi connectivity index (χ3n) is 4.42. The summed E-state index contributed by atoms with van der Waals surface area (Å²) in [6.45, 7) is 2.02. The fraction of sp³-hybridized carbons (Fsp3) is 0.143. The molecule has 2 heterocycles. The molecule has 148 valence electrons. The van der Waals surface area contributed by atoms with E-state index in [0.29, 0.717) is 28.2 Å². The second kappa shape index (κ2) is 7.79. The van der Waals surface area contributed by atoms with Gasteiger partial charge in [-0.05, 0) is 48.4 Å². The highest BCUT2D eigenvalue weighted by molar-refractivity contribution is 7.98. The monoisotopic (exact) mass is 415 g/mol. The number of alkyl halides is 3. The van der Waals surface area contributed by atoms with Crippen LogP contribution in [0.4, 0.5) is 13.2 Å². The number of furan rings is 1. The number of halogens is 3. The number of aryl methyl sites for hydroxylation is 1. The molecule has 0 aliphatic carbocycles. The summed E-state index contributed by atoms with van der Waals surface area (Å²) >= 11 is 1.41. The van der Waals surface area contributed by atoms with Crippen LogP contribution in [-0.2, 0) is 11.9 Å². The summed E-state index contributed by atoms with van der Waals surface area (Å²) in [5, 5.41) is 8.88. The van der Waals surface area contributed by atoms with E-state index in [9.17, 15) is 13.2 Å². The van der Waals surface area contributed by atoms with E-state index >= 15 is 0 Å². The molecule has 4 nitrogen and oxygen atoms in total. The summed E-state index contributed by atoms with van der Waals surface area (Å²) in [4.78, 5) is 0. The molecule has 0 aliphatic heterocycles. The van der Waals surface area contributed by atoms with E-state index in [2.05, 4.69) is 10.2 Å². The van der Waals surface area contributed by atoms with Crippen LogP contribution in [0.3, 0.4) is 0 Å². The van der Waals surface area contributed by atoms with Crippen LogP contribution in [0.2, 0.25) is 0 Å². The van der Waals surface area contributed by atoms with Crippen LogP contribution < -0.4 is 0 Å². The molecule has 0 N–H and O–H groups in total. The zero-order valence-corrected chi connectivity index (χ0v) is 16.2. The highest BCUT2D eigenvalue weighted by Gasteiger charge is 2.31. The van der Waals surface area contributed by atoms with Crippen LogP contribution in [0.5, 0.6) is 0 Å². The normalized spacial score (nSPS) is 11.7. The van der Waals surface area contributed by atoms with Crippen molar-refractivity contribution >= 4 is 11.8 Å². The van der Waals surface area contributed by atoms with Gasteiger partial charge in [0.05, 0.1) is 17.5 Å². The van der Waals surface area contributed by atoms with Gasteiger partial charge in [0.2, 0.25) is 5.82 Å². The molecule has 0 spiro atoms. The van der Waals surface area contributed by atoms with E-state index in [4.69, 9.17) is 4.42 Å². The van der Waals surface area contributed by atoms with Crippen molar-refractivity contribution in [1.29, 1.82) is 0 Å². The number of aromatic nitrogens is 3. The molecule has 0 bridgehead atoms. The highest BCUT2D eigenvalue weighted by Crippen LogP contribution is 2.34. The Labute approximate surface area is 169 Å². The number of hydrogen-bond donors (Lipinski definition) is 0. The summed E-state index contributed by atoms with van der Waals surface area (Å²) < 4.78 is 46.7. The second-order valence-electron chi connectivity index (χ2n) is 6.38. The molecule has 29 heavy (non-hydrogen) atoms. The molecule has 2 aromatic carbocycles. The van der Waals surface area contributed by atoms with Crippen LogP contribution in [0.1, 0.15) is 16.7 Å². The minimum Gasteiger partial charge on any atom is -0.461 e. The lowest BCUT2D eigenvalue weighted by Gasteiger charge is -2.12. The summed E-state index contributed by atoms with van der Waals surface area (Å²) in [5.41, 5.74) is 1.85. The van der Waals surface area contributed by atoms with Crippen LogP contribution in [0.25, 0.3) is 17.3 Å². The van der Waals surface area contributed by atoms with Gasteiger partial charge >= 0.3 is 6.18 Å². The molecule has 4 rings (SSSR count). The summed E-state index contributed by atoms with van der Waals surface area (Å²) in [6, 6.07) is 16.4. The molecule has 0 fully saturated rings. The fourth-order valence-electron chi connectivity index (χ4n) is 2.90. The maximum Gasteiger partial charge on any atom is 0.416 e. The van der Waals surface area contributed by atoms with Crippen molar-refractivity contribution in [2.24, 2.45) is 0 Å². The first kappa shape index (κ1) is 19.3. The smallest absolute Gasteiger partial charge is 0.416 e. The highest BCUT2D eigenvalue weighted by atomic mass is 32.2. The summed E-state index contributed by atoms with van der Waals surface area (Å²) in [5.74, 6) is 1.39. The Kier molecular flexibility index (Phi) is 5.19. The van der Waals surface area contributed by atoms with E-state index in [1.807, 2.05) is 31.2 Å². The lowest BCUT2D eigenvalue weighted by molar-refractivity contribution is -0.137. The van der Waals surface area contributed by atoms with Crippen molar-refractivity contribution in [3.05, 3.63) is 83.6 Å². The van der Waals surface area contributed by atoms with Crippen molar-refractivity contribution in [2.45, 2.75) is 24.0 Å². The molecule has 8 heteroatoms. The maximum absolute atomic E-state index is 13.2. The average Bonchev–Trinajstić information content (AvgIpc) is 3.36. The lowest BCUT2D eigenvalue weighted by atomic mass is 10.1. The minimum atomic E-state index is -4.44. The van der Waals surface area contributed by atoms with Gasteiger partial charge < -0.3 is 4.42 Å². The molecular formula is C21H16F3N3OS. The van der Waals surface area contributed by atoms with Crippen molar-refractivity contribution in [2.75, 3.05) is 0 Å². The molecule has 0 saturated carbocycles. The van der Waals surface area contributed by atoms with Crippen LogP contribution in [0.15, 0.2) is 76.5 Å². The number of rotatable bonds is 5. The number of hydrogen-bond acceptors (Lipinski definition) is 4. The van der Waals surface area contributed by atoms with Crippen LogP contribution in [0, 0.1) is 6.92 Å². The predicted molar refractivity (Wildman–Crippen MR) is 105 cm³/mol. The number of thioether (sulfide) groups is 1. The van der Waals surface area contributed by atoms with Crippen molar-refractivity contribution in [3.8, 4) is 17.3 Å². The first-order valence-corrected chi connectivity index (χ1v) is 9.76. The molecule has 2 aromatic heterocycles. The van der Waals surface area contributed by atoms with Crippen molar-refractivity contribution < 1.29 is 17.6 Å². The predicted octanol–water partition coefficient (Wildman–Crippen LogP) is 6.15. The zero-order chi connectivity index (χ0) is 20.4. The van der Waals surface area contributed by atoms with Gasteiger partial charge in [-0.3, -0.25) is 4.57 Å². The standard InChI is InChI=1S/C21H16F3N3OS/c1-14-6-2-3-7-15(14)13-29-20-26-25-19(18-10-5-11-28-18)27(20)17-9-4-8-16(12-17)21(22,23)24/h2-12H,13H2,1H3.